The largest absolute Gasteiger partial charge is 0.619 e. The van der Waals surface area contributed by atoms with Crippen LogP contribution in [0.1, 0.15) is 0 Å². The minimum Gasteiger partial charge on any atom is -0.619 e. The molecule has 0 saturated carbocycles. The molecule has 0 amide bonds. The molecule has 0 aliphatic carbocycles. The van der Waals surface area contributed by atoms with Gasteiger partial charge in [-0.05, 0) is 12.1 Å². The van der Waals surface area contributed by atoms with Gasteiger partial charge >= 0.3 is 12.1 Å². The third kappa shape index (κ3) is 2.22. The molecule has 6 nitrogen and oxygen atoms in total. The van der Waals surface area contributed by atoms with E-state index in [0.29, 0.717) is 25.7 Å². The molecule has 0 fully saturated rings. The fourth-order valence-corrected chi connectivity index (χ4v) is 1.95. The smallest absolute Gasteiger partial charge is 0.493 e. The highest BCUT2D eigenvalue weighted by atomic mass is 19.4. The number of carbonyl (C=O) groups is 1. The van der Waals surface area contributed by atoms with E-state index in [1.807, 2.05) is 0 Å². The molecule has 21 heavy (non-hydrogen) atoms. The van der Waals surface area contributed by atoms with Crippen molar-refractivity contribution in [3.05, 3.63) is 42.1 Å². The zero-order valence-corrected chi connectivity index (χ0v) is 10.2. The number of hydrogen-bond donors (Lipinski definition) is 0. The minimum absolute atomic E-state index is 0.172. The summed E-state index contributed by atoms with van der Waals surface area (Å²) in [5, 5.41) is 12.1. The van der Waals surface area contributed by atoms with Crippen LogP contribution in [-0.4, -0.2) is 21.9 Å². The number of imidazole rings is 1. The predicted octanol–water partition coefficient (Wildman–Crippen LogP) is 1.34. The third-order valence-electron chi connectivity index (χ3n) is 2.82. The Hall–Kier alpha value is -2.84. The van der Waals surface area contributed by atoms with Crippen LogP contribution in [0.3, 0.4) is 0 Å². The molecule has 2 aromatic heterocycles. The number of fused-ring (bicyclic) bond motifs is 3. The molecule has 0 bridgehead atoms. The number of alkyl halides is 3. The molecule has 0 aliphatic heterocycles. The van der Waals surface area contributed by atoms with Gasteiger partial charge in [-0.3, -0.25) is 0 Å². The average Bonchev–Trinajstić information content (AvgIpc) is 2.80. The van der Waals surface area contributed by atoms with Crippen LogP contribution in [0.25, 0.3) is 21.8 Å². The van der Waals surface area contributed by atoms with Crippen LogP contribution in [0.15, 0.2) is 36.9 Å². The summed E-state index contributed by atoms with van der Waals surface area (Å²) in [6.45, 7) is 0. The van der Waals surface area contributed by atoms with Gasteiger partial charge in [0, 0.05) is 16.8 Å². The van der Waals surface area contributed by atoms with Crippen molar-refractivity contribution in [2.45, 2.75) is 6.18 Å². The van der Waals surface area contributed by atoms with Gasteiger partial charge in [0.05, 0.1) is 5.52 Å². The number of hydrogen-bond acceptors (Lipinski definition) is 4. The lowest BCUT2D eigenvalue weighted by molar-refractivity contribution is -0.603. The molecule has 0 atom stereocenters. The fraction of sp³-hybridized carbons (Fsp3) is 0.0833. The van der Waals surface area contributed by atoms with Crippen LogP contribution in [0.4, 0.5) is 13.2 Å². The van der Waals surface area contributed by atoms with Crippen molar-refractivity contribution in [3.8, 4) is 0 Å². The van der Waals surface area contributed by atoms with E-state index in [1.165, 1.54) is 24.5 Å². The molecule has 3 aromatic rings. The molecule has 3 rings (SSSR count). The first-order valence-corrected chi connectivity index (χ1v) is 5.64. The number of rotatable bonds is 1. The van der Waals surface area contributed by atoms with E-state index >= 15 is 0 Å². The molecule has 0 radical (unpaired) electrons. The first kappa shape index (κ1) is 13.2. The summed E-state index contributed by atoms with van der Waals surface area (Å²) < 4.78 is 38.0. The van der Waals surface area contributed by atoms with E-state index in [-0.39, 0.29) is 5.52 Å². The van der Waals surface area contributed by atoms with Crippen molar-refractivity contribution >= 4 is 27.8 Å². The second-order valence-corrected chi connectivity index (χ2v) is 4.19. The Morgan fingerprint density at radius 1 is 1.33 bits per heavy atom. The summed E-state index contributed by atoms with van der Waals surface area (Å²) in [5.41, 5.74) is 0.506. The molecule has 0 N–H and O–H groups in total. The van der Waals surface area contributed by atoms with Crippen molar-refractivity contribution in [2.24, 2.45) is 0 Å². The van der Waals surface area contributed by atoms with Gasteiger partial charge in [-0.25, -0.2) is 9.78 Å². The van der Waals surface area contributed by atoms with Crippen molar-refractivity contribution < 1.29 is 27.5 Å². The highest BCUT2D eigenvalue weighted by molar-refractivity contribution is 6.03. The molecular formula is C12H6F3N3O3. The van der Waals surface area contributed by atoms with E-state index in [9.17, 15) is 23.2 Å². The van der Waals surface area contributed by atoms with Gasteiger partial charge in [0.2, 0.25) is 0 Å². The number of benzene rings is 1. The molecule has 9 heteroatoms. The van der Waals surface area contributed by atoms with Crippen molar-refractivity contribution in [3.63, 3.8) is 0 Å². The summed E-state index contributed by atoms with van der Waals surface area (Å²) in [6.07, 6.45) is -1.71. The Morgan fingerprint density at radius 3 is 2.81 bits per heavy atom. The monoisotopic (exact) mass is 297 g/mol. The second-order valence-electron chi connectivity index (χ2n) is 4.19. The minimum atomic E-state index is -5.11. The number of halogens is 3. The number of aromatic nitrogens is 3. The zero-order valence-electron chi connectivity index (χ0n) is 10.2. The van der Waals surface area contributed by atoms with Crippen LogP contribution in [-0.2, 0) is 4.79 Å². The Balaban J connectivity index is 2.18. The Morgan fingerprint density at radius 2 is 2.10 bits per heavy atom. The molecular weight excluding hydrogens is 291 g/mol. The number of pyridine rings is 1. The maximum Gasteiger partial charge on any atom is 0.493 e. The average molecular weight is 297 g/mol. The highest BCUT2D eigenvalue weighted by Crippen LogP contribution is 2.24. The summed E-state index contributed by atoms with van der Waals surface area (Å²) in [4.78, 5) is 19.1. The third-order valence-corrected chi connectivity index (χ3v) is 2.82. The van der Waals surface area contributed by atoms with E-state index in [2.05, 4.69) is 9.82 Å². The molecule has 0 saturated heterocycles. The number of nitrogens with zero attached hydrogens (tertiary/aromatic N) is 3. The topological polar surface area (TPSA) is 71.1 Å². The summed E-state index contributed by atoms with van der Waals surface area (Å²) in [5.74, 6) is -2.35. The highest BCUT2D eigenvalue weighted by Gasteiger charge is 2.42. The number of carbonyl (C=O) groups excluding carboxylic acids is 1. The van der Waals surface area contributed by atoms with Crippen LogP contribution in [0.2, 0.25) is 0 Å². The first-order chi connectivity index (χ1) is 9.86. The maximum absolute atomic E-state index is 12.3. The van der Waals surface area contributed by atoms with Gasteiger partial charge < -0.3 is 10.0 Å². The molecule has 1 aromatic carbocycles. The maximum atomic E-state index is 12.3. The fourth-order valence-electron chi connectivity index (χ4n) is 1.95. The van der Waals surface area contributed by atoms with Crippen molar-refractivity contribution in [1.82, 2.24) is 9.71 Å². The van der Waals surface area contributed by atoms with Crippen LogP contribution in [0.5, 0.6) is 0 Å². The van der Waals surface area contributed by atoms with Gasteiger partial charge in [-0.15, -0.1) is 0 Å². The summed E-state index contributed by atoms with van der Waals surface area (Å²) in [6, 6.07) is 4.51. The predicted molar refractivity (Wildman–Crippen MR) is 63.8 cm³/mol. The summed E-state index contributed by atoms with van der Waals surface area (Å²) >= 11 is 0. The second kappa shape index (κ2) is 4.33. The normalized spacial score (nSPS) is 12.0. The lowest BCUT2D eigenvalue weighted by atomic mass is 10.1. The molecule has 0 unspecified atom stereocenters. The van der Waals surface area contributed by atoms with E-state index in [4.69, 9.17) is 0 Å². The summed E-state index contributed by atoms with van der Waals surface area (Å²) in [7, 11) is 0. The lowest BCUT2D eigenvalue weighted by Gasteiger charge is -2.08. The van der Waals surface area contributed by atoms with E-state index in [1.54, 1.807) is 6.07 Å². The van der Waals surface area contributed by atoms with E-state index < -0.39 is 12.1 Å². The lowest BCUT2D eigenvalue weighted by Crippen LogP contribution is -2.33. The standard InChI is InChI=1S/C12H6F3N3O3/c13-12(14,15)11(19)21-18-6-16-9-2-1-7-5-17(20)4-3-8(7)10(9)18/h1-6H. The SMILES string of the molecule is O=C(On1cnc2ccc3c[n+]([O-])ccc3c21)C(F)(F)F. The van der Waals surface area contributed by atoms with Crippen molar-refractivity contribution in [1.29, 1.82) is 0 Å². The van der Waals surface area contributed by atoms with Crippen molar-refractivity contribution in [2.75, 3.05) is 0 Å². The Labute approximate surface area is 114 Å². The molecule has 108 valence electrons. The molecule has 0 aliphatic rings. The van der Waals surface area contributed by atoms with Gasteiger partial charge in [0.25, 0.3) is 0 Å². The first-order valence-electron chi connectivity index (χ1n) is 5.64. The van der Waals surface area contributed by atoms with Gasteiger partial charge in [0.15, 0.2) is 12.4 Å². The van der Waals surface area contributed by atoms with Gasteiger partial charge in [-0.2, -0.15) is 22.6 Å². The molecule has 2 heterocycles. The van der Waals surface area contributed by atoms with Crippen LogP contribution in [0, 0.1) is 5.21 Å². The van der Waals surface area contributed by atoms with Gasteiger partial charge in [0.1, 0.15) is 11.8 Å². The Kier molecular flexibility index (Phi) is 2.71. The quantitative estimate of drug-likeness (QED) is 0.502. The van der Waals surface area contributed by atoms with Crippen LogP contribution >= 0.6 is 0 Å². The zero-order chi connectivity index (χ0) is 15.2. The van der Waals surface area contributed by atoms with E-state index in [0.717, 1.165) is 6.33 Å². The van der Waals surface area contributed by atoms with Crippen LogP contribution < -0.4 is 9.57 Å². The Bertz CT molecular complexity index is 857. The van der Waals surface area contributed by atoms with Gasteiger partial charge in [-0.1, -0.05) is 0 Å². The molecule has 0 spiro atoms.